The third-order valence-electron chi connectivity index (χ3n) is 4.79. The number of benzene rings is 2. The standard InChI is InChI=1S/C21H26N2O2/c1-15-5-3-6-18(13-15)20-7-4-12-23(20)21(25)22-16(2)14-17-8-10-19(24)11-9-17/h3,5-6,8-11,13,16,20,24H,4,7,12,14H2,1-2H3,(H,22,25)/t16-,20+/m1/s1. The normalized spacial score (nSPS) is 18.2. The van der Waals surface area contributed by atoms with Crippen molar-refractivity contribution >= 4 is 6.03 Å². The average molecular weight is 338 g/mol. The van der Waals surface area contributed by atoms with Crippen molar-refractivity contribution in [3.8, 4) is 5.75 Å². The molecule has 4 heteroatoms. The Balaban J connectivity index is 1.62. The smallest absolute Gasteiger partial charge is 0.318 e. The maximum atomic E-state index is 12.7. The minimum absolute atomic E-state index is 0.00952. The SMILES string of the molecule is Cc1cccc([C@@H]2CCCN2C(=O)N[C@H](C)Cc2ccc(O)cc2)c1. The summed E-state index contributed by atoms with van der Waals surface area (Å²) in [7, 11) is 0. The molecule has 4 nitrogen and oxygen atoms in total. The molecule has 1 aliphatic heterocycles. The lowest BCUT2D eigenvalue weighted by molar-refractivity contribution is 0.189. The lowest BCUT2D eigenvalue weighted by Crippen LogP contribution is -2.44. The highest BCUT2D eigenvalue weighted by molar-refractivity contribution is 5.75. The topological polar surface area (TPSA) is 52.6 Å². The first-order valence-electron chi connectivity index (χ1n) is 8.94. The number of nitrogens with zero attached hydrogens (tertiary/aromatic N) is 1. The van der Waals surface area contributed by atoms with Crippen LogP contribution in [0.5, 0.6) is 5.75 Å². The molecule has 0 aromatic heterocycles. The molecule has 0 bridgehead atoms. The van der Waals surface area contributed by atoms with Crippen LogP contribution in [0.1, 0.15) is 42.5 Å². The number of phenolic OH excluding ortho intramolecular Hbond substituents is 1. The summed E-state index contributed by atoms with van der Waals surface area (Å²) in [5.41, 5.74) is 3.55. The Morgan fingerprint density at radius 3 is 2.76 bits per heavy atom. The van der Waals surface area contributed by atoms with E-state index >= 15 is 0 Å². The molecular weight excluding hydrogens is 312 g/mol. The van der Waals surface area contributed by atoms with Crippen LogP contribution in [0.4, 0.5) is 4.79 Å². The van der Waals surface area contributed by atoms with Gasteiger partial charge in [-0.15, -0.1) is 0 Å². The van der Waals surface area contributed by atoms with Gasteiger partial charge in [0.2, 0.25) is 0 Å². The van der Waals surface area contributed by atoms with E-state index in [1.807, 2.05) is 24.0 Å². The second-order valence-electron chi connectivity index (χ2n) is 6.99. The lowest BCUT2D eigenvalue weighted by atomic mass is 10.0. The molecule has 0 radical (unpaired) electrons. The first-order valence-corrected chi connectivity index (χ1v) is 8.94. The van der Waals surface area contributed by atoms with Gasteiger partial charge < -0.3 is 15.3 Å². The van der Waals surface area contributed by atoms with Crippen LogP contribution in [0.15, 0.2) is 48.5 Å². The van der Waals surface area contributed by atoms with Gasteiger partial charge in [-0.05, 0) is 56.4 Å². The molecule has 25 heavy (non-hydrogen) atoms. The molecule has 2 aromatic rings. The van der Waals surface area contributed by atoms with Crippen molar-refractivity contribution in [3.63, 3.8) is 0 Å². The highest BCUT2D eigenvalue weighted by atomic mass is 16.3. The third-order valence-corrected chi connectivity index (χ3v) is 4.79. The number of hydrogen-bond donors (Lipinski definition) is 2. The molecule has 2 aromatic carbocycles. The zero-order valence-corrected chi connectivity index (χ0v) is 14.9. The number of nitrogens with one attached hydrogen (secondary N) is 1. The molecule has 1 aliphatic rings. The Labute approximate surface area is 149 Å². The van der Waals surface area contributed by atoms with E-state index in [-0.39, 0.29) is 23.9 Å². The Hall–Kier alpha value is -2.49. The van der Waals surface area contributed by atoms with Gasteiger partial charge in [0.1, 0.15) is 5.75 Å². The minimum atomic E-state index is 0.00952. The average Bonchev–Trinajstić information content (AvgIpc) is 3.07. The van der Waals surface area contributed by atoms with Crippen LogP contribution in [-0.2, 0) is 6.42 Å². The second-order valence-corrected chi connectivity index (χ2v) is 6.99. The molecule has 0 spiro atoms. The maximum Gasteiger partial charge on any atom is 0.318 e. The number of rotatable bonds is 4. The van der Waals surface area contributed by atoms with Gasteiger partial charge in [-0.25, -0.2) is 4.79 Å². The maximum absolute atomic E-state index is 12.7. The van der Waals surface area contributed by atoms with Crippen LogP contribution in [0.25, 0.3) is 0 Å². The van der Waals surface area contributed by atoms with Crippen LogP contribution in [0, 0.1) is 6.92 Å². The molecule has 3 rings (SSSR count). The monoisotopic (exact) mass is 338 g/mol. The van der Waals surface area contributed by atoms with E-state index in [0.29, 0.717) is 0 Å². The van der Waals surface area contributed by atoms with Crippen molar-refractivity contribution in [2.75, 3.05) is 6.54 Å². The number of urea groups is 1. The van der Waals surface area contributed by atoms with E-state index in [0.717, 1.165) is 31.4 Å². The van der Waals surface area contributed by atoms with E-state index in [1.54, 1.807) is 12.1 Å². The van der Waals surface area contributed by atoms with Crippen LogP contribution in [-0.4, -0.2) is 28.6 Å². The van der Waals surface area contributed by atoms with Crippen molar-refractivity contribution < 1.29 is 9.90 Å². The van der Waals surface area contributed by atoms with Gasteiger partial charge in [0.15, 0.2) is 0 Å². The van der Waals surface area contributed by atoms with Crippen molar-refractivity contribution in [1.82, 2.24) is 10.2 Å². The fourth-order valence-electron chi connectivity index (χ4n) is 3.56. The first kappa shape index (κ1) is 17.3. The number of carbonyl (C=O) groups is 1. The fraction of sp³-hybridized carbons (Fsp3) is 0.381. The summed E-state index contributed by atoms with van der Waals surface area (Å²) in [5, 5.41) is 12.5. The molecule has 2 N–H and O–H groups in total. The lowest BCUT2D eigenvalue weighted by Gasteiger charge is -2.27. The van der Waals surface area contributed by atoms with Gasteiger partial charge in [-0.3, -0.25) is 0 Å². The van der Waals surface area contributed by atoms with Crippen molar-refractivity contribution in [2.45, 2.75) is 45.2 Å². The number of aromatic hydroxyl groups is 1. The molecule has 0 unspecified atom stereocenters. The Morgan fingerprint density at radius 2 is 2.04 bits per heavy atom. The first-order chi connectivity index (χ1) is 12.0. The molecule has 1 heterocycles. The van der Waals surface area contributed by atoms with Gasteiger partial charge in [0.25, 0.3) is 0 Å². The molecule has 2 amide bonds. The van der Waals surface area contributed by atoms with Crippen molar-refractivity contribution in [1.29, 1.82) is 0 Å². The summed E-state index contributed by atoms with van der Waals surface area (Å²) in [6, 6.07) is 15.8. The molecule has 132 valence electrons. The summed E-state index contributed by atoms with van der Waals surface area (Å²) < 4.78 is 0. The van der Waals surface area contributed by atoms with E-state index in [4.69, 9.17) is 0 Å². The molecule has 0 aliphatic carbocycles. The summed E-state index contributed by atoms with van der Waals surface area (Å²) in [6.07, 6.45) is 2.80. The zero-order chi connectivity index (χ0) is 17.8. The number of likely N-dealkylation sites (tertiary alicyclic amines) is 1. The van der Waals surface area contributed by atoms with Gasteiger partial charge in [0, 0.05) is 12.6 Å². The van der Waals surface area contributed by atoms with E-state index in [9.17, 15) is 9.90 Å². The van der Waals surface area contributed by atoms with E-state index in [1.165, 1.54) is 11.1 Å². The predicted octanol–water partition coefficient (Wildman–Crippen LogP) is 4.18. The largest absolute Gasteiger partial charge is 0.508 e. The fourth-order valence-corrected chi connectivity index (χ4v) is 3.56. The quantitative estimate of drug-likeness (QED) is 0.879. The molecule has 1 fully saturated rings. The third kappa shape index (κ3) is 4.32. The van der Waals surface area contributed by atoms with E-state index in [2.05, 4.69) is 36.5 Å². The van der Waals surface area contributed by atoms with Gasteiger partial charge in [0.05, 0.1) is 6.04 Å². The van der Waals surface area contributed by atoms with Gasteiger partial charge >= 0.3 is 6.03 Å². The second kappa shape index (κ2) is 7.60. The molecule has 0 saturated carbocycles. The number of carbonyl (C=O) groups excluding carboxylic acids is 1. The summed E-state index contributed by atoms with van der Waals surface area (Å²) in [5.74, 6) is 0.263. The van der Waals surface area contributed by atoms with Crippen molar-refractivity contribution in [3.05, 3.63) is 65.2 Å². The molecular formula is C21H26N2O2. The Kier molecular flexibility index (Phi) is 5.27. The van der Waals surface area contributed by atoms with Crippen LogP contribution < -0.4 is 5.32 Å². The number of amides is 2. The van der Waals surface area contributed by atoms with Crippen LogP contribution in [0.2, 0.25) is 0 Å². The van der Waals surface area contributed by atoms with Crippen molar-refractivity contribution in [2.24, 2.45) is 0 Å². The summed E-state index contributed by atoms with van der Waals surface area (Å²) >= 11 is 0. The summed E-state index contributed by atoms with van der Waals surface area (Å²) in [6.45, 7) is 4.90. The van der Waals surface area contributed by atoms with Crippen LogP contribution in [0.3, 0.4) is 0 Å². The highest BCUT2D eigenvalue weighted by Gasteiger charge is 2.30. The predicted molar refractivity (Wildman–Crippen MR) is 99.7 cm³/mol. The number of hydrogen-bond acceptors (Lipinski definition) is 2. The number of phenols is 1. The van der Waals surface area contributed by atoms with E-state index < -0.39 is 0 Å². The van der Waals surface area contributed by atoms with Gasteiger partial charge in [-0.2, -0.15) is 0 Å². The van der Waals surface area contributed by atoms with Gasteiger partial charge in [-0.1, -0.05) is 42.0 Å². The highest BCUT2D eigenvalue weighted by Crippen LogP contribution is 2.32. The Bertz CT molecular complexity index is 727. The Morgan fingerprint density at radius 1 is 1.28 bits per heavy atom. The minimum Gasteiger partial charge on any atom is -0.508 e. The zero-order valence-electron chi connectivity index (χ0n) is 14.9. The van der Waals surface area contributed by atoms with Crippen LogP contribution >= 0.6 is 0 Å². The number of aryl methyl sites for hydroxylation is 1. The molecule has 1 saturated heterocycles. The molecule has 2 atom stereocenters. The summed E-state index contributed by atoms with van der Waals surface area (Å²) in [4.78, 5) is 14.7.